The first-order valence-electron chi connectivity index (χ1n) is 7.94. The highest BCUT2D eigenvalue weighted by atomic mass is 35.5. The number of rotatable bonds is 5. The predicted octanol–water partition coefficient (Wildman–Crippen LogP) is 2.98. The number of nitrogens with one attached hydrogen (secondary N) is 2. The Labute approximate surface area is 141 Å². The lowest BCUT2D eigenvalue weighted by molar-refractivity contribution is -0.120. The Balaban J connectivity index is 1.95. The third-order valence-corrected chi connectivity index (χ3v) is 4.53. The van der Waals surface area contributed by atoms with Gasteiger partial charge in [0.2, 0.25) is 5.91 Å². The number of nitrogens with zero attached hydrogens (tertiary/aromatic N) is 1. The molecule has 1 saturated carbocycles. The van der Waals surface area contributed by atoms with Crippen LogP contribution in [0.2, 0.25) is 5.02 Å². The van der Waals surface area contributed by atoms with Gasteiger partial charge in [0, 0.05) is 0 Å². The topological polar surface area (TPSA) is 85.2 Å². The van der Waals surface area contributed by atoms with Crippen LogP contribution in [0, 0.1) is 11.3 Å². The Hall–Kier alpha value is -1.77. The number of benzene rings is 1. The summed E-state index contributed by atoms with van der Waals surface area (Å²) >= 11 is 6.08. The van der Waals surface area contributed by atoms with E-state index in [1.807, 2.05) is 0 Å². The van der Waals surface area contributed by atoms with Crippen molar-refractivity contribution in [1.29, 1.82) is 5.26 Å². The van der Waals surface area contributed by atoms with E-state index in [0.717, 1.165) is 31.2 Å². The number of aliphatic hydroxyl groups excluding tert-OH is 1. The summed E-state index contributed by atoms with van der Waals surface area (Å²) in [6.07, 6.45) is 5.56. The molecule has 3 N–H and O–H groups in total. The maximum absolute atomic E-state index is 12.2. The van der Waals surface area contributed by atoms with Gasteiger partial charge in [-0.15, -0.1) is 0 Å². The molecule has 0 aromatic heterocycles. The summed E-state index contributed by atoms with van der Waals surface area (Å²) in [6.45, 7) is -0.0480. The fourth-order valence-electron chi connectivity index (χ4n) is 2.89. The number of amides is 1. The molecule has 1 aliphatic rings. The molecule has 0 atom stereocenters. The number of hydrogen-bond donors (Lipinski definition) is 3. The fourth-order valence-corrected chi connectivity index (χ4v) is 3.07. The standard InChI is InChI=1S/C17H22ClN3O2/c18-14-6-5-13(11-22)9-15(14)20-10-16(23)21-17(12-19)7-3-1-2-4-8-17/h5-6,9,20,22H,1-4,7-8,10-11H2,(H,21,23). The third-order valence-electron chi connectivity index (χ3n) is 4.20. The molecular weight excluding hydrogens is 314 g/mol. The van der Waals surface area contributed by atoms with Crippen LogP contribution in [0.4, 0.5) is 5.69 Å². The molecule has 124 valence electrons. The summed E-state index contributed by atoms with van der Waals surface area (Å²) in [5.74, 6) is -0.223. The molecule has 5 nitrogen and oxygen atoms in total. The zero-order valence-electron chi connectivity index (χ0n) is 13.1. The van der Waals surface area contributed by atoms with E-state index in [4.69, 9.17) is 16.7 Å². The number of nitriles is 1. The summed E-state index contributed by atoms with van der Waals surface area (Å²) in [6, 6.07) is 7.41. The molecular formula is C17H22ClN3O2. The Bertz CT molecular complexity index is 590. The molecule has 6 heteroatoms. The quantitative estimate of drug-likeness (QED) is 0.722. The van der Waals surface area contributed by atoms with Crippen LogP contribution in [0.5, 0.6) is 0 Å². The van der Waals surface area contributed by atoms with Crippen molar-refractivity contribution < 1.29 is 9.90 Å². The van der Waals surface area contributed by atoms with Crippen LogP contribution in [0.15, 0.2) is 18.2 Å². The number of hydrogen-bond acceptors (Lipinski definition) is 4. The Morgan fingerprint density at radius 1 is 1.30 bits per heavy atom. The molecule has 0 radical (unpaired) electrons. The van der Waals surface area contributed by atoms with Gasteiger partial charge in [0.1, 0.15) is 5.54 Å². The second-order valence-corrected chi connectivity index (χ2v) is 6.39. The van der Waals surface area contributed by atoms with Gasteiger partial charge >= 0.3 is 0 Å². The van der Waals surface area contributed by atoms with E-state index in [0.29, 0.717) is 23.6 Å². The lowest BCUT2D eigenvalue weighted by atomic mass is 9.92. The van der Waals surface area contributed by atoms with Crippen molar-refractivity contribution in [3.8, 4) is 6.07 Å². The van der Waals surface area contributed by atoms with Gasteiger partial charge in [0.05, 0.1) is 29.9 Å². The third kappa shape index (κ3) is 4.85. The zero-order valence-corrected chi connectivity index (χ0v) is 13.8. The minimum absolute atomic E-state index is 0.0397. The van der Waals surface area contributed by atoms with Crippen molar-refractivity contribution in [1.82, 2.24) is 5.32 Å². The molecule has 0 saturated heterocycles. The normalized spacial score (nSPS) is 16.9. The van der Waals surface area contributed by atoms with Crippen molar-refractivity contribution in [2.75, 3.05) is 11.9 Å². The van der Waals surface area contributed by atoms with E-state index >= 15 is 0 Å². The van der Waals surface area contributed by atoms with Crippen molar-refractivity contribution in [3.63, 3.8) is 0 Å². The first-order chi connectivity index (χ1) is 11.1. The predicted molar refractivity (Wildman–Crippen MR) is 90.1 cm³/mol. The van der Waals surface area contributed by atoms with Crippen molar-refractivity contribution in [2.45, 2.75) is 50.7 Å². The molecule has 0 aliphatic heterocycles. The summed E-state index contributed by atoms with van der Waals surface area (Å²) in [5, 5.41) is 25.0. The van der Waals surface area contributed by atoms with Crippen LogP contribution >= 0.6 is 11.6 Å². The Morgan fingerprint density at radius 2 is 2.00 bits per heavy atom. The molecule has 0 unspecified atom stereocenters. The number of anilines is 1. The molecule has 0 spiro atoms. The van der Waals surface area contributed by atoms with Crippen LogP contribution in [-0.2, 0) is 11.4 Å². The van der Waals surface area contributed by atoms with E-state index in [1.165, 1.54) is 0 Å². The van der Waals surface area contributed by atoms with Crippen LogP contribution in [0.1, 0.15) is 44.1 Å². The molecule has 1 aromatic carbocycles. The van der Waals surface area contributed by atoms with Gasteiger partial charge in [-0.1, -0.05) is 43.4 Å². The number of carbonyl (C=O) groups is 1. The lowest BCUT2D eigenvalue weighted by Crippen LogP contribution is -2.48. The van der Waals surface area contributed by atoms with Gasteiger partial charge in [-0.05, 0) is 30.5 Å². The minimum Gasteiger partial charge on any atom is -0.392 e. The molecule has 23 heavy (non-hydrogen) atoms. The maximum atomic E-state index is 12.2. The van der Waals surface area contributed by atoms with Gasteiger partial charge in [0.25, 0.3) is 0 Å². The highest BCUT2D eigenvalue weighted by molar-refractivity contribution is 6.33. The average Bonchev–Trinajstić information content (AvgIpc) is 2.80. The van der Waals surface area contributed by atoms with Gasteiger partial charge in [-0.25, -0.2) is 0 Å². The molecule has 1 amide bonds. The number of halogens is 1. The van der Waals surface area contributed by atoms with E-state index < -0.39 is 5.54 Å². The smallest absolute Gasteiger partial charge is 0.240 e. The molecule has 0 heterocycles. The second-order valence-electron chi connectivity index (χ2n) is 5.98. The van der Waals surface area contributed by atoms with Gasteiger partial charge < -0.3 is 15.7 Å². The van der Waals surface area contributed by atoms with Crippen LogP contribution < -0.4 is 10.6 Å². The summed E-state index contributed by atoms with van der Waals surface area (Å²) < 4.78 is 0. The SMILES string of the molecule is N#CC1(NC(=O)CNc2cc(CO)ccc2Cl)CCCCCC1. The van der Waals surface area contributed by atoms with Gasteiger partial charge in [-0.3, -0.25) is 4.79 Å². The highest BCUT2D eigenvalue weighted by Crippen LogP contribution is 2.27. The van der Waals surface area contributed by atoms with Gasteiger partial charge in [-0.2, -0.15) is 5.26 Å². The molecule has 1 aromatic rings. The Morgan fingerprint density at radius 3 is 2.61 bits per heavy atom. The molecule has 1 fully saturated rings. The average molecular weight is 336 g/mol. The van der Waals surface area contributed by atoms with E-state index in [1.54, 1.807) is 18.2 Å². The lowest BCUT2D eigenvalue weighted by Gasteiger charge is -2.26. The summed E-state index contributed by atoms with van der Waals surface area (Å²) in [5.41, 5.74) is 0.571. The van der Waals surface area contributed by atoms with Crippen LogP contribution in [-0.4, -0.2) is 23.1 Å². The van der Waals surface area contributed by atoms with E-state index in [2.05, 4.69) is 16.7 Å². The largest absolute Gasteiger partial charge is 0.392 e. The molecule has 2 rings (SSSR count). The first-order valence-corrected chi connectivity index (χ1v) is 8.32. The van der Waals surface area contributed by atoms with Crippen molar-refractivity contribution in [2.24, 2.45) is 0 Å². The molecule has 0 bridgehead atoms. The summed E-state index contributed by atoms with van der Waals surface area (Å²) in [7, 11) is 0. The second kappa shape index (κ2) is 8.19. The van der Waals surface area contributed by atoms with E-state index in [-0.39, 0.29) is 19.1 Å². The minimum atomic E-state index is -0.744. The monoisotopic (exact) mass is 335 g/mol. The van der Waals surface area contributed by atoms with Crippen molar-refractivity contribution in [3.05, 3.63) is 28.8 Å². The Kier molecular flexibility index (Phi) is 6.26. The zero-order chi connectivity index (χ0) is 16.7. The van der Waals surface area contributed by atoms with Gasteiger partial charge in [0.15, 0.2) is 0 Å². The van der Waals surface area contributed by atoms with Crippen LogP contribution in [0.25, 0.3) is 0 Å². The van der Waals surface area contributed by atoms with Crippen molar-refractivity contribution >= 4 is 23.2 Å². The van der Waals surface area contributed by atoms with E-state index in [9.17, 15) is 10.1 Å². The summed E-state index contributed by atoms with van der Waals surface area (Å²) in [4.78, 5) is 12.2. The number of aliphatic hydroxyl groups is 1. The number of carbonyl (C=O) groups excluding carboxylic acids is 1. The molecule has 1 aliphatic carbocycles. The van der Waals surface area contributed by atoms with Crippen LogP contribution in [0.3, 0.4) is 0 Å². The fraction of sp³-hybridized carbons (Fsp3) is 0.529. The maximum Gasteiger partial charge on any atom is 0.240 e. The first kappa shape index (κ1) is 17.6. The highest BCUT2D eigenvalue weighted by Gasteiger charge is 2.32.